The first-order valence-electron chi connectivity index (χ1n) is 5.09. The zero-order valence-corrected chi connectivity index (χ0v) is 9.16. The van der Waals surface area contributed by atoms with E-state index >= 15 is 0 Å². The van der Waals surface area contributed by atoms with E-state index < -0.39 is 0 Å². The first kappa shape index (κ1) is 9.22. The van der Waals surface area contributed by atoms with Gasteiger partial charge in [-0.3, -0.25) is 0 Å². The van der Waals surface area contributed by atoms with E-state index in [0.29, 0.717) is 12.0 Å². The molecule has 1 aromatic heterocycles. The van der Waals surface area contributed by atoms with E-state index in [0.717, 1.165) is 6.42 Å². The second-order valence-electron chi connectivity index (χ2n) is 4.00. The summed E-state index contributed by atoms with van der Waals surface area (Å²) in [4.78, 5) is 2.95. The molecule has 1 aliphatic rings. The van der Waals surface area contributed by atoms with Gasteiger partial charge in [0.1, 0.15) is 0 Å². The maximum Gasteiger partial charge on any atom is 0.0418 e. The molecule has 0 saturated heterocycles. The molecule has 1 heterocycles. The van der Waals surface area contributed by atoms with Gasteiger partial charge in [-0.25, -0.2) is 0 Å². The molecular formula is C11H17NS. The topological polar surface area (TPSA) is 26.0 Å². The molecule has 2 atom stereocenters. The van der Waals surface area contributed by atoms with Crippen LogP contribution in [-0.4, -0.2) is 0 Å². The summed E-state index contributed by atoms with van der Waals surface area (Å²) >= 11 is 1.92. The van der Waals surface area contributed by atoms with E-state index in [4.69, 9.17) is 5.73 Å². The summed E-state index contributed by atoms with van der Waals surface area (Å²) in [6.07, 6.45) is 3.65. The van der Waals surface area contributed by atoms with Crippen LogP contribution in [-0.2, 0) is 12.8 Å². The molecule has 1 aliphatic carbocycles. The third-order valence-electron chi connectivity index (χ3n) is 3.03. The van der Waals surface area contributed by atoms with Gasteiger partial charge in [-0.2, -0.15) is 0 Å². The lowest BCUT2D eigenvalue weighted by Crippen LogP contribution is -2.23. The first-order valence-corrected chi connectivity index (χ1v) is 5.91. The Morgan fingerprint density at radius 1 is 1.62 bits per heavy atom. The highest BCUT2D eigenvalue weighted by atomic mass is 32.1. The van der Waals surface area contributed by atoms with Crippen LogP contribution in [0.2, 0.25) is 0 Å². The van der Waals surface area contributed by atoms with E-state index in [1.54, 1.807) is 0 Å². The monoisotopic (exact) mass is 195 g/mol. The van der Waals surface area contributed by atoms with Crippen molar-refractivity contribution in [3.63, 3.8) is 0 Å². The van der Waals surface area contributed by atoms with Crippen molar-refractivity contribution < 1.29 is 0 Å². The fourth-order valence-electron chi connectivity index (χ4n) is 1.97. The largest absolute Gasteiger partial charge is 0.323 e. The summed E-state index contributed by atoms with van der Waals surface area (Å²) in [7, 11) is 0. The van der Waals surface area contributed by atoms with Gasteiger partial charge in [0.2, 0.25) is 0 Å². The van der Waals surface area contributed by atoms with E-state index in [9.17, 15) is 0 Å². The molecule has 0 aromatic carbocycles. The SMILES string of the molecule is CCc1cc2c(s1)C(N)C(C)CC2. The predicted molar refractivity (Wildman–Crippen MR) is 58.1 cm³/mol. The van der Waals surface area contributed by atoms with Crippen molar-refractivity contribution in [3.8, 4) is 0 Å². The van der Waals surface area contributed by atoms with E-state index in [1.165, 1.54) is 28.2 Å². The summed E-state index contributed by atoms with van der Waals surface area (Å²) in [6, 6.07) is 2.65. The van der Waals surface area contributed by atoms with Gasteiger partial charge in [0.15, 0.2) is 0 Å². The van der Waals surface area contributed by atoms with Crippen molar-refractivity contribution in [2.75, 3.05) is 0 Å². The average molecular weight is 195 g/mol. The number of rotatable bonds is 1. The van der Waals surface area contributed by atoms with Crippen LogP contribution in [0.5, 0.6) is 0 Å². The molecule has 0 amide bonds. The van der Waals surface area contributed by atoms with Crippen LogP contribution in [0.15, 0.2) is 6.07 Å². The summed E-state index contributed by atoms with van der Waals surface area (Å²) in [5.74, 6) is 0.663. The second kappa shape index (κ2) is 3.43. The lowest BCUT2D eigenvalue weighted by molar-refractivity contribution is 0.419. The molecule has 0 aliphatic heterocycles. The zero-order valence-electron chi connectivity index (χ0n) is 8.34. The standard InChI is InChI=1S/C11H17NS/c1-3-9-6-8-5-4-7(2)10(12)11(8)13-9/h6-7,10H,3-5,12H2,1-2H3. The molecule has 1 nitrogen and oxygen atoms in total. The maximum atomic E-state index is 6.17. The Hall–Kier alpha value is -0.340. The number of aryl methyl sites for hydroxylation is 2. The number of fused-ring (bicyclic) bond motifs is 1. The van der Waals surface area contributed by atoms with Crippen molar-refractivity contribution in [2.24, 2.45) is 11.7 Å². The van der Waals surface area contributed by atoms with Crippen LogP contribution in [0, 0.1) is 5.92 Å². The lowest BCUT2D eigenvalue weighted by atomic mass is 9.86. The molecule has 0 spiro atoms. The van der Waals surface area contributed by atoms with E-state index in [2.05, 4.69) is 19.9 Å². The van der Waals surface area contributed by atoms with Gasteiger partial charge < -0.3 is 5.73 Å². The summed E-state index contributed by atoms with van der Waals surface area (Å²) in [6.45, 7) is 4.48. The molecule has 2 heteroatoms. The fourth-order valence-corrected chi connectivity index (χ4v) is 3.26. The number of nitrogens with two attached hydrogens (primary N) is 1. The van der Waals surface area contributed by atoms with Crippen LogP contribution < -0.4 is 5.73 Å². The molecule has 0 fully saturated rings. The van der Waals surface area contributed by atoms with Crippen LogP contribution in [0.3, 0.4) is 0 Å². The Balaban J connectivity index is 2.36. The van der Waals surface area contributed by atoms with Crippen LogP contribution >= 0.6 is 11.3 Å². The first-order chi connectivity index (χ1) is 6.22. The zero-order chi connectivity index (χ0) is 9.42. The summed E-state index contributed by atoms with van der Waals surface area (Å²) < 4.78 is 0. The predicted octanol–water partition coefficient (Wildman–Crippen LogP) is 2.89. The van der Waals surface area contributed by atoms with Gasteiger partial charge in [0.05, 0.1) is 0 Å². The molecule has 0 radical (unpaired) electrons. The third-order valence-corrected chi connectivity index (χ3v) is 4.45. The molecule has 2 rings (SSSR count). The van der Waals surface area contributed by atoms with Crippen molar-refractivity contribution in [1.82, 2.24) is 0 Å². The van der Waals surface area contributed by atoms with E-state index in [1.807, 2.05) is 11.3 Å². The lowest BCUT2D eigenvalue weighted by Gasteiger charge is -2.25. The fraction of sp³-hybridized carbons (Fsp3) is 0.636. The minimum atomic E-state index is 0.300. The Labute approximate surface area is 84.0 Å². The second-order valence-corrected chi connectivity index (χ2v) is 5.17. The molecular weight excluding hydrogens is 178 g/mol. The van der Waals surface area contributed by atoms with Gasteiger partial charge in [-0.05, 0) is 36.8 Å². The van der Waals surface area contributed by atoms with Gasteiger partial charge >= 0.3 is 0 Å². The van der Waals surface area contributed by atoms with Crippen LogP contribution in [0.25, 0.3) is 0 Å². The number of thiophene rings is 1. The number of hydrogen-bond acceptors (Lipinski definition) is 2. The molecule has 2 N–H and O–H groups in total. The van der Waals surface area contributed by atoms with Crippen molar-refractivity contribution in [3.05, 3.63) is 21.4 Å². The average Bonchev–Trinajstić information content (AvgIpc) is 2.55. The smallest absolute Gasteiger partial charge is 0.0418 e. The van der Waals surface area contributed by atoms with Gasteiger partial charge in [0, 0.05) is 15.8 Å². The summed E-state index contributed by atoms with van der Waals surface area (Å²) in [5, 5.41) is 0. The number of hydrogen-bond donors (Lipinski definition) is 1. The molecule has 1 aromatic rings. The van der Waals surface area contributed by atoms with Gasteiger partial charge in [-0.1, -0.05) is 13.8 Å². The highest BCUT2D eigenvalue weighted by Gasteiger charge is 2.25. The van der Waals surface area contributed by atoms with Gasteiger partial charge in [0.25, 0.3) is 0 Å². The van der Waals surface area contributed by atoms with Crippen LogP contribution in [0.1, 0.15) is 41.6 Å². The Bertz CT molecular complexity index is 303. The molecule has 2 unspecified atom stereocenters. The third kappa shape index (κ3) is 1.53. The molecule has 0 bridgehead atoms. The molecule has 13 heavy (non-hydrogen) atoms. The molecule has 0 saturated carbocycles. The highest BCUT2D eigenvalue weighted by molar-refractivity contribution is 7.12. The van der Waals surface area contributed by atoms with Crippen molar-refractivity contribution >= 4 is 11.3 Å². The highest BCUT2D eigenvalue weighted by Crippen LogP contribution is 2.38. The maximum absolute atomic E-state index is 6.17. The Morgan fingerprint density at radius 3 is 3.08 bits per heavy atom. The minimum absolute atomic E-state index is 0.300. The summed E-state index contributed by atoms with van der Waals surface area (Å²) in [5.41, 5.74) is 7.69. The van der Waals surface area contributed by atoms with Gasteiger partial charge in [-0.15, -0.1) is 11.3 Å². The van der Waals surface area contributed by atoms with E-state index in [-0.39, 0.29) is 0 Å². The Morgan fingerprint density at radius 2 is 2.38 bits per heavy atom. The van der Waals surface area contributed by atoms with Crippen molar-refractivity contribution in [2.45, 2.75) is 39.2 Å². The minimum Gasteiger partial charge on any atom is -0.323 e. The normalized spacial score (nSPS) is 27.3. The van der Waals surface area contributed by atoms with Crippen molar-refractivity contribution in [1.29, 1.82) is 0 Å². The van der Waals surface area contributed by atoms with Crippen LogP contribution in [0.4, 0.5) is 0 Å². The Kier molecular flexibility index (Phi) is 2.43. The molecule has 72 valence electrons. The quantitative estimate of drug-likeness (QED) is 0.732.